The summed E-state index contributed by atoms with van der Waals surface area (Å²) in [6.07, 6.45) is 0. The van der Waals surface area contributed by atoms with Crippen LogP contribution in [0.4, 0.5) is 0 Å². The Morgan fingerprint density at radius 2 is 1.90 bits per heavy atom. The molecule has 0 spiro atoms. The van der Waals surface area contributed by atoms with Crippen LogP contribution >= 0.6 is 22.9 Å². The van der Waals surface area contributed by atoms with Crippen LogP contribution in [0.1, 0.15) is 24.9 Å². The Morgan fingerprint density at radius 3 is 2.60 bits per heavy atom. The van der Waals surface area contributed by atoms with Gasteiger partial charge in [0.15, 0.2) is 0 Å². The molecule has 1 amide bonds. The first-order chi connectivity index (χ1) is 9.61. The zero-order chi connectivity index (χ0) is 14.5. The Morgan fingerprint density at radius 1 is 1.20 bits per heavy atom. The molecule has 0 radical (unpaired) electrons. The van der Waals surface area contributed by atoms with Crippen molar-refractivity contribution >= 4 is 34.8 Å². The van der Waals surface area contributed by atoms with E-state index in [9.17, 15) is 9.59 Å². The largest absolute Gasteiger partial charge is 0.465 e. The van der Waals surface area contributed by atoms with Gasteiger partial charge < -0.3 is 10.1 Å². The highest BCUT2D eigenvalue weighted by molar-refractivity contribution is 7.15. The van der Waals surface area contributed by atoms with Crippen molar-refractivity contribution < 1.29 is 14.3 Å². The number of amides is 1. The molecule has 0 atom stereocenters. The zero-order valence-corrected chi connectivity index (χ0v) is 12.3. The molecule has 0 saturated carbocycles. The molecule has 0 aliphatic heterocycles. The van der Waals surface area contributed by atoms with Crippen molar-refractivity contribution in [2.24, 2.45) is 0 Å². The van der Waals surface area contributed by atoms with Crippen LogP contribution in [0, 0.1) is 0 Å². The van der Waals surface area contributed by atoms with E-state index in [0.717, 1.165) is 16.9 Å². The van der Waals surface area contributed by atoms with Gasteiger partial charge in [-0.3, -0.25) is 4.79 Å². The number of esters is 1. The molecule has 20 heavy (non-hydrogen) atoms. The van der Waals surface area contributed by atoms with Crippen LogP contribution in [0.15, 0.2) is 36.4 Å². The van der Waals surface area contributed by atoms with Gasteiger partial charge in [0.2, 0.25) is 0 Å². The van der Waals surface area contributed by atoms with Gasteiger partial charge in [-0.25, -0.2) is 4.79 Å². The fraction of sp³-hybridized carbons (Fsp3) is 0.143. The van der Waals surface area contributed by atoms with Gasteiger partial charge >= 0.3 is 5.97 Å². The van der Waals surface area contributed by atoms with Crippen molar-refractivity contribution in [3.8, 4) is 0 Å². The SMILES string of the molecule is COC(=O)c1ccc(C(=O)NCc2ccccc2Cl)s1. The summed E-state index contributed by atoms with van der Waals surface area (Å²) in [5.74, 6) is -0.690. The lowest BCUT2D eigenvalue weighted by molar-refractivity contribution is 0.0606. The first-order valence-electron chi connectivity index (χ1n) is 5.81. The maximum absolute atomic E-state index is 12.0. The highest BCUT2D eigenvalue weighted by Crippen LogP contribution is 2.18. The van der Waals surface area contributed by atoms with E-state index in [-0.39, 0.29) is 5.91 Å². The number of hydrogen-bond acceptors (Lipinski definition) is 4. The maximum Gasteiger partial charge on any atom is 0.348 e. The van der Waals surface area contributed by atoms with Gasteiger partial charge in [-0.2, -0.15) is 0 Å². The molecule has 0 aliphatic rings. The van der Waals surface area contributed by atoms with E-state index in [1.54, 1.807) is 18.2 Å². The van der Waals surface area contributed by atoms with Gasteiger partial charge in [0.25, 0.3) is 5.91 Å². The molecule has 6 heteroatoms. The number of halogens is 1. The van der Waals surface area contributed by atoms with E-state index in [1.165, 1.54) is 7.11 Å². The number of methoxy groups -OCH3 is 1. The van der Waals surface area contributed by atoms with Crippen molar-refractivity contribution in [3.05, 3.63) is 56.7 Å². The third-order valence-corrected chi connectivity index (χ3v) is 4.05. The summed E-state index contributed by atoms with van der Waals surface area (Å²) < 4.78 is 4.60. The minimum atomic E-state index is -0.444. The zero-order valence-electron chi connectivity index (χ0n) is 10.7. The molecule has 0 bridgehead atoms. The second-order valence-electron chi connectivity index (χ2n) is 3.93. The molecule has 1 N–H and O–H groups in total. The van der Waals surface area contributed by atoms with E-state index < -0.39 is 5.97 Å². The van der Waals surface area contributed by atoms with E-state index in [0.29, 0.717) is 21.3 Å². The van der Waals surface area contributed by atoms with Crippen molar-refractivity contribution in [1.29, 1.82) is 0 Å². The van der Waals surface area contributed by atoms with Gasteiger partial charge in [-0.05, 0) is 23.8 Å². The Hall–Kier alpha value is -1.85. The number of carbonyl (C=O) groups is 2. The predicted molar refractivity (Wildman–Crippen MR) is 78.3 cm³/mol. The van der Waals surface area contributed by atoms with E-state index in [2.05, 4.69) is 10.1 Å². The molecule has 0 aliphatic carbocycles. The molecule has 4 nitrogen and oxygen atoms in total. The van der Waals surface area contributed by atoms with Crippen LogP contribution in [0.5, 0.6) is 0 Å². The molecule has 104 valence electrons. The molecule has 0 fully saturated rings. The van der Waals surface area contributed by atoms with Gasteiger partial charge in [0.05, 0.1) is 12.0 Å². The lowest BCUT2D eigenvalue weighted by Gasteiger charge is -2.05. The fourth-order valence-corrected chi connectivity index (χ4v) is 2.62. The van der Waals surface area contributed by atoms with Crippen LogP contribution in [-0.4, -0.2) is 19.0 Å². The number of carbonyl (C=O) groups excluding carboxylic acids is 2. The third-order valence-electron chi connectivity index (χ3n) is 2.61. The van der Waals surface area contributed by atoms with Gasteiger partial charge in [-0.15, -0.1) is 11.3 Å². The van der Waals surface area contributed by atoms with Crippen molar-refractivity contribution in [1.82, 2.24) is 5.32 Å². The Bertz CT molecular complexity index is 639. The average Bonchev–Trinajstić information content (AvgIpc) is 2.95. The summed E-state index contributed by atoms with van der Waals surface area (Å²) in [6, 6.07) is 10.5. The predicted octanol–water partition coefficient (Wildman–Crippen LogP) is 3.12. The molecular weight excluding hydrogens is 298 g/mol. The number of benzene rings is 1. The molecule has 2 rings (SSSR count). The quantitative estimate of drug-likeness (QED) is 0.883. The summed E-state index contributed by atoms with van der Waals surface area (Å²) in [4.78, 5) is 24.1. The minimum Gasteiger partial charge on any atom is -0.465 e. The molecule has 0 saturated heterocycles. The average molecular weight is 310 g/mol. The van der Waals surface area contributed by atoms with Crippen LogP contribution in [-0.2, 0) is 11.3 Å². The van der Waals surface area contributed by atoms with E-state index in [1.807, 2.05) is 18.2 Å². The summed E-state index contributed by atoms with van der Waals surface area (Å²) in [7, 11) is 1.30. The summed E-state index contributed by atoms with van der Waals surface area (Å²) in [5.41, 5.74) is 0.840. The molecule has 1 heterocycles. The summed E-state index contributed by atoms with van der Waals surface area (Å²) >= 11 is 7.10. The van der Waals surface area contributed by atoms with Crippen molar-refractivity contribution in [2.45, 2.75) is 6.54 Å². The summed E-state index contributed by atoms with van der Waals surface area (Å²) in [5, 5.41) is 3.37. The maximum atomic E-state index is 12.0. The van der Waals surface area contributed by atoms with Crippen molar-refractivity contribution in [3.63, 3.8) is 0 Å². The standard InChI is InChI=1S/C14H12ClNO3S/c1-19-14(18)12-7-6-11(20-12)13(17)16-8-9-4-2-3-5-10(9)15/h2-7H,8H2,1H3,(H,16,17). The highest BCUT2D eigenvalue weighted by atomic mass is 35.5. The minimum absolute atomic E-state index is 0.245. The Balaban J connectivity index is 2.00. The van der Waals surface area contributed by atoms with Gasteiger partial charge in [0, 0.05) is 11.6 Å². The Kier molecular flexibility index (Phi) is 4.76. The lowest BCUT2D eigenvalue weighted by Crippen LogP contribution is -2.21. The van der Waals surface area contributed by atoms with Crippen LogP contribution in [0.2, 0.25) is 5.02 Å². The van der Waals surface area contributed by atoms with Crippen LogP contribution in [0.3, 0.4) is 0 Å². The topological polar surface area (TPSA) is 55.4 Å². The number of nitrogens with one attached hydrogen (secondary N) is 1. The van der Waals surface area contributed by atoms with Crippen molar-refractivity contribution in [2.75, 3.05) is 7.11 Å². The Labute approximate surface area is 125 Å². The highest BCUT2D eigenvalue weighted by Gasteiger charge is 2.14. The van der Waals surface area contributed by atoms with E-state index >= 15 is 0 Å². The molecule has 1 aromatic heterocycles. The number of thiophene rings is 1. The first kappa shape index (κ1) is 14.6. The molecule has 0 unspecified atom stereocenters. The molecular formula is C14H12ClNO3S. The number of ether oxygens (including phenoxy) is 1. The third kappa shape index (κ3) is 3.37. The second kappa shape index (κ2) is 6.54. The second-order valence-corrected chi connectivity index (χ2v) is 5.42. The lowest BCUT2D eigenvalue weighted by atomic mass is 10.2. The van der Waals surface area contributed by atoms with E-state index in [4.69, 9.17) is 11.6 Å². The molecule has 1 aromatic carbocycles. The number of hydrogen-bond donors (Lipinski definition) is 1. The van der Waals surface area contributed by atoms with Gasteiger partial charge in [-0.1, -0.05) is 29.8 Å². The van der Waals surface area contributed by atoms with Crippen LogP contribution < -0.4 is 5.32 Å². The number of rotatable bonds is 4. The smallest absolute Gasteiger partial charge is 0.348 e. The first-order valence-corrected chi connectivity index (χ1v) is 7.01. The molecule has 2 aromatic rings. The normalized spacial score (nSPS) is 10.1. The van der Waals surface area contributed by atoms with Crippen LogP contribution in [0.25, 0.3) is 0 Å². The summed E-state index contributed by atoms with van der Waals surface area (Å²) in [6.45, 7) is 0.337. The monoisotopic (exact) mass is 309 g/mol. The van der Waals surface area contributed by atoms with Gasteiger partial charge in [0.1, 0.15) is 4.88 Å². The fourth-order valence-electron chi connectivity index (χ4n) is 1.57.